The van der Waals surface area contributed by atoms with Crippen LogP contribution in [0, 0.1) is 0 Å². The van der Waals surface area contributed by atoms with Crippen LogP contribution >= 0.6 is 0 Å². The molecule has 0 radical (unpaired) electrons. The molecule has 1 heterocycles. The van der Waals surface area contributed by atoms with Gasteiger partial charge in [0.2, 0.25) is 0 Å². The van der Waals surface area contributed by atoms with Crippen molar-refractivity contribution in [1.82, 2.24) is 9.55 Å². The molecule has 0 spiro atoms. The van der Waals surface area contributed by atoms with Gasteiger partial charge in [-0.2, -0.15) is 0 Å². The van der Waals surface area contributed by atoms with E-state index in [0.717, 1.165) is 28.1 Å². The Morgan fingerprint density at radius 2 is 1.70 bits per heavy atom. The lowest BCUT2D eigenvalue weighted by Gasteiger charge is -2.10. The lowest BCUT2D eigenvalue weighted by atomic mass is 10.1. The summed E-state index contributed by atoms with van der Waals surface area (Å²) >= 11 is 0. The monoisotopic (exact) mass is 358 g/mol. The highest BCUT2D eigenvalue weighted by molar-refractivity contribution is 5.90. The van der Waals surface area contributed by atoms with Crippen molar-refractivity contribution in [2.24, 2.45) is 0 Å². The van der Waals surface area contributed by atoms with E-state index >= 15 is 0 Å². The highest BCUT2D eigenvalue weighted by Gasteiger charge is 2.15. The average Bonchev–Trinajstić information content (AvgIpc) is 3.08. The van der Waals surface area contributed by atoms with Crippen molar-refractivity contribution in [3.63, 3.8) is 0 Å². The second-order valence-corrected chi connectivity index (χ2v) is 6.07. The van der Waals surface area contributed by atoms with Gasteiger partial charge in [0, 0.05) is 11.3 Å². The fourth-order valence-corrected chi connectivity index (χ4v) is 3.05. The number of benzene rings is 3. The molecule has 27 heavy (non-hydrogen) atoms. The fraction of sp³-hybridized carbons (Fsp3) is 0.0909. The molecule has 4 rings (SSSR count). The van der Waals surface area contributed by atoms with Crippen LogP contribution in [0.15, 0.2) is 72.8 Å². The van der Waals surface area contributed by atoms with Gasteiger partial charge in [-0.1, -0.05) is 24.3 Å². The number of phenols is 1. The molecule has 134 valence electrons. The molecule has 1 N–H and O–H groups in total. The minimum atomic E-state index is -0.337. The Labute approximate surface area is 156 Å². The number of imidazole rings is 1. The molecule has 0 atom stereocenters. The molecule has 0 aliphatic rings. The zero-order valence-corrected chi connectivity index (χ0v) is 14.8. The van der Waals surface area contributed by atoms with Gasteiger partial charge in [-0.25, -0.2) is 9.78 Å². The van der Waals surface area contributed by atoms with Crippen molar-refractivity contribution < 1.29 is 14.6 Å². The first-order chi connectivity index (χ1) is 13.2. The first-order valence-electron chi connectivity index (χ1n) is 8.72. The molecule has 0 unspecified atom stereocenters. The number of phenolic OH excluding ortho intramolecular Hbond substituents is 1. The van der Waals surface area contributed by atoms with Crippen LogP contribution < -0.4 is 0 Å². The van der Waals surface area contributed by atoms with Gasteiger partial charge in [-0.05, 0) is 55.5 Å². The van der Waals surface area contributed by atoms with Gasteiger partial charge < -0.3 is 9.84 Å². The third-order valence-corrected chi connectivity index (χ3v) is 4.32. The number of esters is 1. The Morgan fingerprint density at radius 1 is 1.00 bits per heavy atom. The van der Waals surface area contributed by atoms with E-state index in [9.17, 15) is 9.90 Å². The molecule has 0 aliphatic carbocycles. The lowest BCUT2D eigenvalue weighted by molar-refractivity contribution is 0.0526. The summed E-state index contributed by atoms with van der Waals surface area (Å²) in [5, 5.41) is 9.61. The van der Waals surface area contributed by atoms with Crippen molar-refractivity contribution in [3.05, 3.63) is 78.4 Å². The topological polar surface area (TPSA) is 64.3 Å². The van der Waals surface area contributed by atoms with Crippen molar-refractivity contribution in [2.75, 3.05) is 6.61 Å². The second kappa shape index (κ2) is 6.96. The largest absolute Gasteiger partial charge is 0.508 e. The van der Waals surface area contributed by atoms with Crippen LogP contribution in [-0.4, -0.2) is 27.2 Å². The van der Waals surface area contributed by atoms with E-state index in [-0.39, 0.29) is 11.7 Å². The van der Waals surface area contributed by atoms with Crippen LogP contribution in [0.4, 0.5) is 0 Å². The Balaban J connectivity index is 1.85. The number of carbonyl (C=O) groups excluding carboxylic acids is 1. The van der Waals surface area contributed by atoms with Gasteiger partial charge in [-0.3, -0.25) is 4.57 Å². The molecular weight excluding hydrogens is 340 g/mol. The van der Waals surface area contributed by atoms with Crippen LogP contribution in [-0.2, 0) is 4.74 Å². The molecule has 0 aliphatic heterocycles. The molecule has 0 fully saturated rings. The van der Waals surface area contributed by atoms with Gasteiger partial charge in [0.05, 0.1) is 23.2 Å². The first kappa shape index (κ1) is 16.8. The molecular formula is C22H18N2O3. The van der Waals surface area contributed by atoms with Crippen LogP contribution in [0.3, 0.4) is 0 Å². The number of aromatic nitrogens is 2. The standard InChI is InChI=1S/C22H18N2O3/c1-2-27-22(26)16-9-7-15(8-10-16)21-23-19-5-3-4-6-20(19)24(21)17-11-13-18(25)14-12-17/h3-14,25H,2H2,1H3. The number of nitrogens with zero attached hydrogens (tertiary/aromatic N) is 2. The summed E-state index contributed by atoms with van der Waals surface area (Å²) in [6, 6.07) is 22.1. The van der Waals surface area contributed by atoms with Crippen LogP contribution in [0.2, 0.25) is 0 Å². The molecule has 0 saturated carbocycles. The van der Waals surface area contributed by atoms with E-state index in [1.807, 2.05) is 53.1 Å². The number of rotatable bonds is 4. The number of fused-ring (bicyclic) bond motifs is 1. The molecule has 0 amide bonds. The quantitative estimate of drug-likeness (QED) is 0.543. The summed E-state index contributed by atoms with van der Waals surface area (Å²) in [6.07, 6.45) is 0. The normalized spacial score (nSPS) is 10.9. The van der Waals surface area contributed by atoms with Crippen molar-refractivity contribution in [1.29, 1.82) is 0 Å². The first-order valence-corrected chi connectivity index (χ1v) is 8.72. The summed E-state index contributed by atoms with van der Waals surface area (Å²) in [4.78, 5) is 16.7. The maximum Gasteiger partial charge on any atom is 0.338 e. The molecule has 1 aromatic heterocycles. The zero-order chi connectivity index (χ0) is 18.8. The maximum atomic E-state index is 11.9. The Hall–Kier alpha value is -3.60. The molecule has 0 saturated heterocycles. The number of hydrogen-bond acceptors (Lipinski definition) is 4. The van der Waals surface area contributed by atoms with Crippen molar-refractivity contribution in [3.8, 4) is 22.8 Å². The van der Waals surface area contributed by atoms with E-state index < -0.39 is 0 Å². The molecule has 0 bridgehead atoms. The number of aromatic hydroxyl groups is 1. The summed E-state index contributed by atoms with van der Waals surface area (Å²) in [5.41, 5.74) is 4.12. The molecule has 4 aromatic rings. The average molecular weight is 358 g/mol. The fourth-order valence-electron chi connectivity index (χ4n) is 3.05. The van der Waals surface area contributed by atoms with Gasteiger partial charge in [0.1, 0.15) is 11.6 Å². The minimum Gasteiger partial charge on any atom is -0.508 e. The van der Waals surface area contributed by atoms with E-state index in [2.05, 4.69) is 0 Å². The van der Waals surface area contributed by atoms with Crippen molar-refractivity contribution in [2.45, 2.75) is 6.92 Å². The van der Waals surface area contributed by atoms with Crippen LogP contribution in [0.1, 0.15) is 17.3 Å². The van der Waals surface area contributed by atoms with E-state index in [0.29, 0.717) is 12.2 Å². The molecule has 3 aromatic carbocycles. The van der Waals surface area contributed by atoms with Gasteiger partial charge in [-0.15, -0.1) is 0 Å². The third kappa shape index (κ3) is 3.15. The smallest absolute Gasteiger partial charge is 0.338 e. The summed E-state index contributed by atoms with van der Waals surface area (Å²) in [7, 11) is 0. The van der Waals surface area contributed by atoms with E-state index in [1.54, 1.807) is 31.2 Å². The van der Waals surface area contributed by atoms with Crippen LogP contribution in [0.5, 0.6) is 5.75 Å². The number of hydrogen-bond donors (Lipinski definition) is 1. The number of para-hydroxylation sites is 2. The van der Waals surface area contributed by atoms with E-state index in [1.165, 1.54) is 0 Å². The SMILES string of the molecule is CCOC(=O)c1ccc(-c2nc3ccccc3n2-c2ccc(O)cc2)cc1. The Kier molecular flexibility index (Phi) is 4.34. The Bertz CT molecular complexity index is 1100. The second-order valence-electron chi connectivity index (χ2n) is 6.07. The summed E-state index contributed by atoms with van der Waals surface area (Å²) in [5.74, 6) is 0.636. The summed E-state index contributed by atoms with van der Waals surface area (Å²) < 4.78 is 7.08. The predicted molar refractivity (Wildman–Crippen MR) is 104 cm³/mol. The summed E-state index contributed by atoms with van der Waals surface area (Å²) in [6.45, 7) is 2.13. The predicted octanol–water partition coefficient (Wildman–Crippen LogP) is 4.57. The van der Waals surface area contributed by atoms with Gasteiger partial charge >= 0.3 is 5.97 Å². The molecule has 5 nitrogen and oxygen atoms in total. The van der Waals surface area contributed by atoms with Gasteiger partial charge in [0.15, 0.2) is 0 Å². The lowest BCUT2D eigenvalue weighted by Crippen LogP contribution is -2.04. The Morgan fingerprint density at radius 3 is 2.41 bits per heavy atom. The van der Waals surface area contributed by atoms with Crippen LogP contribution in [0.25, 0.3) is 28.1 Å². The number of ether oxygens (including phenoxy) is 1. The van der Waals surface area contributed by atoms with E-state index in [4.69, 9.17) is 9.72 Å². The van der Waals surface area contributed by atoms with Crippen molar-refractivity contribution >= 4 is 17.0 Å². The highest BCUT2D eigenvalue weighted by atomic mass is 16.5. The number of carbonyl (C=O) groups is 1. The highest BCUT2D eigenvalue weighted by Crippen LogP contribution is 2.29. The minimum absolute atomic E-state index is 0.212. The zero-order valence-electron chi connectivity index (χ0n) is 14.8. The maximum absolute atomic E-state index is 11.9. The third-order valence-electron chi connectivity index (χ3n) is 4.32. The molecule has 5 heteroatoms. The van der Waals surface area contributed by atoms with Gasteiger partial charge in [0.25, 0.3) is 0 Å².